The Bertz CT molecular complexity index is 873. The number of ether oxygens (including phenoxy) is 1. The average Bonchev–Trinajstić information content (AvgIpc) is 3.07. The molecule has 0 atom stereocenters. The highest BCUT2D eigenvalue weighted by molar-refractivity contribution is 7.08. The minimum atomic E-state index is -1.02. The predicted molar refractivity (Wildman–Crippen MR) is 100 cm³/mol. The van der Waals surface area contributed by atoms with Gasteiger partial charge in [-0.25, -0.2) is 0 Å². The number of benzene rings is 1. The van der Waals surface area contributed by atoms with Crippen molar-refractivity contribution in [3.05, 3.63) is 40.9 Å². The standard InChI is InChI=1S/C19H19N3O4S/c1-3-26-19(25)12-9-14(23)16(15(24)10-12)17(18-11(2)21-22-27-18)20-13-7-5-4-6-8-13/h4-8,12,16H,3,9-10H2,1-2H3. The molecule has 3 rings (SSSR count). The molecule has 0 aliphatic heterocycles. The molecule has 0 spiro atoms. The van der Waals surface area contributed by atoms with Gasteiger partial charge >= 0.3 is 5.97 Å². The summed E-state index contributed by atoms with van der Waals surface area (Å²) in [7, 11) is 0. The number of nitrogens with zero attached hydrogens (tertiary/aromatic N) is 3. The highest BCUT2D eigenvalue weighted by atomic mass is 32.1. The van der Waals surface area contributed by atoms with E-state index in [9.17, 15) is 14.4 Å². The number of aryl methyl sites for hydroxylation is 1. The molecule has 2 aromatic rings. The second kappa shape index (κ2) is 8.30. The first-order valence-electron chi connectivity index (χ1n) is 8.66. The van der Waals surface area contributed by atoms with Crippen molar-refractivity contribution in [2.24, 2.45) is 16.8 Å². The zero-order chi connectivity index (χ0) is 19.4. The van der Waals surface area contributed by atoms with Crippen LogP contribution in [0.25, 0.3) is 0 Å². The van der Waals surface area contributed by atoms with Gasteiger partial charge in [0.2, 0.25) is 0 Å². The molecule has 1 fully saturated rings. The Morgan fingerprint density at radius 2 is 1.89 bits per heavy atom. The highest BCUT2D eigenvalue weighted by Crippen LogP contribution is 2.30. The smallest absolute Gasteiger partial charge is 0.309 e. The molecule has 1 aliphatic carbocycles. The molecule has 1 aromatic carbocycles. The molecule has 0 amide bonds. The van der Waals surface area contributed by atoms with Crippen molar-refractivity contribution < 1.29 is 19.1 Å². The monoisotopic (exact) mass is 385 g/mol. The van der Waals surface area contributed by atoms with Crippen LogP contribution < -0.4 is 0 Å². The number of Topliss-reactive ketones (excluding diaryl/α,β-unsaturated/α-hetero) is 2. The van der Waals surface area contributed by atoms with Gasteiger partial charge in [-0.05, 0) is 37.5 Å². The molecule has 1 aromatic heterocycles. The van der Waals surface area contributed by atoms with Crippen LogP contribution in [0.2, 0.25) is 0 Å². The number of hydrogen-bond donors (Lipinski definition) is 0. The van der Waals surface area contributed by atoms with E-state index in [2.05, 4.69) is 14.6 Å². The minimum Gasteiger partial charge on any atom is -0.466 e. The first-order chi connectivity index (χ1) is 13.0. The Morgan fingerprint density at radius 1 is 1.22 bits per heavy atom. The van der Waals surface area contributed by atoms with Crippen molar-refractivity contribution in [3.63, 3.8) is 0 Å². The van der Waals surface area contributed by atoms with E-state index in [0.29, 0.717) is 22.0 Å². The number of aromatic nitrogens is 2. The van der Waals surface area contributed by atoms with Crippen LogP contribution in [0.15, 0.2) is 35.3 Å². The summed E-state index contributed by atoms with van der Waals surface area (Å²) in [6, 6.07) is 9.11. The molecule has 0 radical (unpaired) electrons. The van der Waals surface area contributed by atoms with Gasteiger partial charge in [-0.15, -0.1) is 5.10 Å². The molecule has 1 aliphatic rings. The van der Waals surface area contributed by atoms with Gasteiger partial charge in [0.25, 0.3) is 0 Å². The Balaban J connectivity index is 1.97. The predicted octanol–water partition coefficient (Wildman–Crippen LogP) is 2.69. The van der Waals surface area contributed by atoms with E-state index < -0.39 is 17.8 Å². The van der Waals surface area contributed by atoms with Crippen molar-refractivity contribution >= 4 is 40.5 Å². The number of hydrogen-bond acceptors (Lipinski definition) is 8. The second-order valence-electron chi connectivity index (χ2n) is 6.24. The molecule has 1 heterocycles. The highest BCUT2D eigenvalue weighted by Gasteiger charge is 2.43. The van der Waals surface area contributed by atoms with Crippen LogP contribution in [0.4, 0.5) is 5.69 Å². The zero-order valence-electron chi connectivity index (χ0n) is 15.0. The number of ketones is 2. The lowest BCUT2D eigenvalue weighted by atomic mass is 9.77. The third kappa shape index (κ3) is 4.16. The van der Waals surface area contributed by atoms with E-state index in [-0.39, 0.29) is 31.0 Å². The molecule has 8 heteroatoms. The fourth-order valence-electron chi connectivity index (χ4n) is 3.06. The lowest BCUT2D eigenvalue weighted by Crippen LogP contribution is -2.41. The van der Waals surface area contributed by atoms with Gasteiger partial charge < -0.3 is 4.74 Å². The molecular weight excluding hydrogens is 366 g/mol. The molecule has 0 unspecified atom stereocenters. The van der Waals surface area contributed by atoms with Gasteiger partial charge in [0.15, 0.2) is 0 Å². The Kier molecular flexibility index (Phi) is 5.85. The van der Waals surface area contributed by atoms with Crippen molar-refractivity contribution in [2.75, 3.05) is 6.61 Å². The van der Waals surface area contributed by atoms with Crippen LogP contribution in [0.5, 0.6) is 0 Å². The van der Waals surface area contributed by atoms with E-state index in [1.54, 1.807) is 26.0 Å². The second-order valence-corrected chi connectivity index (χ2v) is 7.00. The third-order valence-corrected chi connectivity index (χ3v) is 5.17. The summed E-state index contributed by atoms with van der Waals surface area (Å²) in [6.45, 7) is 3.67. The van der Waals surface area contributed by atoms with E-state index >= 15 is 0 Å². The summed E-state index contributed by atoms with van der Waals surface area (Å²) < 4.78 is 8.88. The zero-order valence-corrected chi connectivity index (χ0v) is 15.9. The van der Waals surface area contributed by atoms with Gasteiger partial charge in [0.1, 0.15) is 17.5 Å². The maximum atomic E-state index is 12.8. The molecule has 7 nitrogen and oxygen atoms in total. The van der Waals surface area contributed by atoms with Crippen LogP contribution >= 0.6 is 11.5 Å². The maximum absolute atomic E-state index is 12.8. The molecule has 1 saturated carbocycles. The Morgan fingerprint density at radius 3 is 2.44 bits per heavy atom. The third-order valence-electron chi connectivity index (χ3n) is 4.32. The summed E-state index contributed by atoms with van der Waals surface area (Å²) >= 11 is 1.10. The Labute approximate surface area is 160 Å². The van der Waals surface area contributed by atoms with Crippen molar-refractivity contribution in [1.29, 1.82) is 0 Å². The summed E-state index contributed by atoms with van der Waals surface area (Å²) in [5, 5.41) is 3.98. The van der Waals surface area contributed by atoms with Gasteiger partial charge in [-0.1, -0.05) is 22.7 Å². The number of carbonyl (C=O) groups excluding carboxylic acids is 3. The van der Waals surface area contributed by atoms with Crippen LogP contribution in [-0.2, 0) is 19.1 Å². The number of aliphatic imine (C=N–C) groups is 1. The van der Waals surface area contributed by atoms with E-state index in [0.717, 1.165) is 11.5 Å². The van der Waals surface area contributed by atoms with Crippen LogP contribution in [0.3, 0.4) is 0 Å². The quantitative estimate of drug-likeness (QED) is 0.446. The normalized spacial score (nSPS) is 20.6. The lowest BCUT2D eigenvalue weighted by molar-refractivity contribution is -0.153. The van der Waals surface area contributed by atoms with Crippen LogP contribution in [0.1, 0.15) is 30.3 Å². The van der Waals surface area contributed by atoms with Crippen molar-refractivity contribution in [2.45, 2.75) is 26.7 Å². The maximum Gasteiger partial charge on any atom is 0.309 e. The van der Waals surface area contributed by atoms with E-state index in [1.807, 2.05) is 18.2 Å². The SMILES string of the molecule is CCOC(=O)C1CC(=O)C(C(=Nc2ccccc2)c2snnc2C)C(=O)C1. The molecule has 0 saturated heterocycles. The first-order valence-corrected chi connectivity index (χ1v) is 9.43. The van der Waals surface area contributed by atoms with E-state index in [4.69, 9.17) is 4.74 Å². The fraction of sp³-hybridized carbons (Fsp3) is 0.368. The Hall–Kier alpha value is -2.74. The van der Waals surface area contributed by atoms with Crippen molar-refractivity contribution in [3.8, 4) is 0 Å². The summed E-state index contributed by atoms with van der Waals surface area (Å²) in [6.07, 6.45) is -0.0668. The molecule has 27 heavy (non-hydrogen) atoms. The molecule has 0 N–H and O–H groups in total. The number of para-hydroxylation sites is 1. The van der Waals surface area contributed by atoms with Gasteiger partial charge in [0.05, 0.1) is 34.5 Å². The van der Waals surface area contributed by atoms with Crippen LogP contribution in [-0.4, -0.2) is 39.4 Å². The largest absolute Gasteiger partial charge is 0.466 e. The van der Waals surface area contributed by atoms with Gasteiger partial charge in [-0.3, -0.25) is 19.4 Å². The lowest BCUT2D eigenvalue weighted by Gasteiger charge is -2.25. The fourth-order valence-corrected chi connectivity index (χ4v) is 3.73. The molecule has 0 bridgehead atoms. The summed E-state index contributed by atoms with van der Waals surface area (Å²) in [5.41, 5.74) is 1.60. The average molecular weight is 385 g/mol. The number of esters is 1. The first kappa shape index (κ1) is 19.0. The van der Waals surface area contributed by atoms with Crippen molar-refractivity contribution in [1.82, 2.24) is 9.59 Å². The topological polar surface area (TPSA) is 98.6 Å². The van der Waals surface area contributed by atoms with Gasteiger partial charge in [0, 0.05) is 12.8 Å². The van der Waals surface area contributed by atoms with Gasteiger partial charge in [-0.2, -0.15) is 0 Å². The molecular formula is C19H19N3O4S. The minimum absolute atomic E-state index is 0.0334. The summed E-state index contributed by atoms with van der Waals surface area (Å²) in [4.78, 5) is 42.8. The number of rotatable bonds is 5. The van der Waals surface area contributed by atoms with E-state index in [1.165, 1.54) is 0 Å². The summed E-state index contributed by atoms with van der Waals surface area (Å²) in [5.74, 6) is -2.90. The van der Waals surface area contributed by atoms with Crippen LogP contribution in [0, 0.1) is 18.8 Å². The number of carbonyl (C=O) groups is 3. The molecule has 140 valence electrons.